The quantitative estimate of drug-likeness (QED) is 0.683. The summed E-state index contributed by atoms with van der Waals surface area (Å²) in [4.78, 5) is 27.2. The van der Waals surface area contributed by atoms with E-state index in [1.165, 1.54) is 4.90 Å². The van der Waals surface area contributed by atoms with Gasteiger partial charge in [0, 0.05) is 43.1 Å². The molecule has 2 unspecified atom stereocenters. The van der Waals surface area contributed by atoms with Crippen molar-refractivity contribution in [3.63, 3.8) is 0 Å². The molecule has 0 saturated carbocycles. The number of piperidine rings is 1. The van der Waals surface area contributed by atoms with Crippen LogP contribution in [-0.4, -0.2) is 51.8 Å². The van der Waals surface area contributed by atoms with E-state index < -0.39 is 12.0 Å². The van der Waals surface area contributed by atoms with Crippen molar-refractivity contribution in [2.24, 2.45) is 11.7 Å². The van der Waals surface area contributed by atoms with E-state index in [-0.39, 0.29) is 18.4 Å². The van der Waals surface area contributed by atoms with E-state index in [1.807, 2.05) is 12.1 Å². The van der Waals surface area contributed by atoms with Crippen molar-refractivity contribution < 1.29 is 19.8 Å². The minimum atomic E-state index is -0.979. The summed E-state index contributed by atoms with van der Waals surface area (Å²) in [7, 11) is 0. The summed E-state index contributed by atoms with van der Waals surface area (Å²) >= 11 is 0. The Balaban J connectivity index is 2.02. The molecule has 1 aromatic carbocycles. The zero-order valence-corrected chi connectivity index (χ0v) is 12.5. The lowest BCUT2D eigenvalue weighted by atomic mass is 9.83. The molecule has 2 aromatic rings. The lowest BCUT2D eigenvalue weighted by Gasteiger charge is -2.36. The molecule has 0 aliphatic carbocycles. The third kappa shape index (κ3) is 2.75. The second kappa shape index (κ2) is 5.92. The monoisotopic (exact) mass is 317 g/mol. The molecule has 1 aliphatic heterocycles. The molecule has 1 saturated heterocycles. The standard InChI is InChI=1S/C16H19N3O4/c17-15(21)13-2-1-11(12-3-4-18-14(12)13)10-5-9(8-20)6-19(7-10)16(22)23/h1-4,9-10,18,20H,5-8H2,(H2,17,21)(H,22,23). The number of nitrogens with two attached hydrogens (primary N) is 1. The predicted octanol–water partition coefficient (Wildman–Crippen LogP) is 1.34. The number of carboxylic acid groups (broad SMARTS) is 1. The van der Waals surface area contributed by atoms with Gasteiger partial charge in [-0.25, -0.2) is 4.79 Å². The number of benzene rings is 1. The molecule has 0 spiro atoms. The largest absolute Gasteiger partial charge is 0.465 e. The Kier molecular flexibility index (Phi) is 3.96. The molecule has 2 heterocycles. The highest BCUT2D eigenvalue weighted by atomic mass is 16.4. The Labute approximate surface area is 132 Å². The first-order valence-electron chi connectivity index (χ1n) is 7.49. The number of likely N-dealkylation sites (tertiary alicyclic amines) is 1. The maximum absolute atomic E-state index is 11.5. The van der Waals surface area contributed by atoms with Gasteiger partial charge in [-0.15, -0.1) is 0 Å². The fraction of sp³-hybridized carbons (Fsp3) is 0.375. The highest BCUT2D eigenvalue weighted by Crippen LogP contribution is 2.35. The van der Waals surface area contributed by atoms with Gasteiger partial charge in [0.15, 0.2) is 0 Å². The van der Waals surface area contributed by atoms with Crippen LogP contribution in [-0.2, 0) is 0 Å². The number of nitrogens with zero attached hydrogens (tertiary/aromatic N) is 1. The van der Waals surface area contributed by atoms with E-state index in [4.69, 9.17) is 5.73 Å². The summed E-state index contributed by atoms with van der Waals surface area (Å²) in [5.41, 5.74) is 7.45. The van der Waals surface area contributed by atoms with Crippen molar-refractivity contribution in [2.75, 3.05) is 19.7 Å². The second-order valence-electron chi connectivity index (χ2n) is 6.00. The van der Waals surface area contributed by atoms with Gasteiger partial charge in [0.25, 0.3) is 5.91 Å². The molecule has 2 amide bonds. The molecule has 7 nitrogen and oxygen atoms in total. The number of carbonyl (C=O) groups is 2. The van der Waals surface area contributed by atoms with Crippen LogP contribution in [0.1, 0.15) is 28.3 Å². The minimum Gasteiger partial charge on any atom is -0.465 e. The van der Waals surface area contributed by atoms with E-state index in [0.29, 0.717) is 30.6 Å². The van der Waals surface area contributed by atoms with Gasteiger partial charge in [-0.2, -0.15) is 0 Å². The number of amides is 2. The summed E-state index contributed by atoms with van der Waals surface area (Å²) in [5, 5.41) is 19.6. The summed E-state index contributed by atoms with van der Waals surface area (Å²) in [6.45, 7) is 0.677. The first-order chi connectivity index (χ1) is 11.0. The number of nitrogens with one attached hydrogen (secondary N) is 1. The fourth-order valence-corrected chi connectivity index (χ4v) is 3.46. The Morgan fingerprint density at radius 1 is 1.30 bits per heavy atom. The molecule has 122 valence electrons. The number of fused-ring (bicyclic) bond motifs is 1. The Bertz CT molecular complexity index is 755. The number of H-pyrrole nitrogens is 1. The van der Waals surface area contributed by atoms with Gasteiger partial charge in [-0.3, -0.25) is 4.79 Å². The van der Waals surface area contributed by atoms with E-state index in [2.05, 4.69) is 4.98 Å². The number of primary amides is 1. The van der Waals surface area contributed by atoms with Crippen molar-refractivity contribution in [3.05, 3.63) is 35.5 Å². The molecule has 1 aromatic heterocycles. The fourth-order valence-electron chi connectivity index (χ4n) is 3.46. The molecule has 23 heavy (non-hydrogen) atoms. The summed E-state index contributed by atoms with van der Waals surface area (Å²) < 4.78 is 0. The van der Waals surface area contributed by atoms with E-state index >= 15 is 0 Å². The molecule has 0 radical (unpaired) electrons. The van der Waals surface area contributed by atoms with Crippen LogP contribution in [0, 0.1) is 5.92 Å². The number of aromatic amines is 1. The molecular formula is C16H19N3O4. The smallest absolute Gasteiger partial charge is 0.407 e. The van der Waals surface area contributed by atoms with Gasteiger partial charge in [0.05, 0.1) is 11.1 Å². The SMILES string of the molecule is NC(=O)c1ccc(C2CC(CO)CN(C(=O)O)C2)c2cc[nH]c12. The molecular weight excluding hydrogens is 298 g/mol. The molecule has 1 fully saturated rings. The molecule has 7 heteroatoms. The number of hydrogen-bond donors (Lipinski definition) is 4. The maximum Gasteiger partial charge on any atom is 0.407 e. The van der Waals surface area contributed by atoms with Gasteiger partial charge < -0.3 is 25.8 Å². The van der Waals surface area contributed by atoms with Gasteiger partial charge in [-0.05, 0) is 24.1 Å². The normalized spacial score (nSPS) is 21.5. The van der Waals surface area contributed by atoms with Crippen molar-refractivity contribution in [1.29, 1.82) is 0 Å². The zero-order chi connectivity index (χ0) is 16.6. The van der Waals surface area contributed by atoms with Crippen molar-refractivity contribution in [2.45, 2.75) is 12.3 Å². The molecule has 1 aliphatic rings. The number of aromatic nitrogens is 1. The number of rotatable bonds is 3. The molecule has 3 rings (SSSR count). The highest BCUT2D eigenvalue weighted by Gasteiger charge is 2.31. The number of aliphatic hydroxyl groups is 1. The van der Waals surface area contributed by atoms with E-state index in [1.54, 1.807) is 12.3 Å². The zero-order valence-electron chi connectivity index (χ0n) is 12.5. The van der Waals surface area contributed by atoms with Crippen molar-refractivity contribution in [3.8, 4) is 0 Å². The van der Waals surface area contributed by atoms with Crippen molar-refractivity contribution in [1.82, 2.24) is 9.88 Å². The van der Waals surface area contributed by atoms with Crippen LogP contribution in [0.4, 0.5) is 4.79 Å². The number of aliphatic hydroxyl groups excluding tert-OH is 1. The van der Waals surface area contributed by atoms with Crippen LogP contribution in [0.15, 0.2) is 24.4 Å². The number of hydrogen-bond acceptors (Lipinski definition) is 3. The second-order valence-corrected chi connectivity index (χ2v) is 6.00. The first-order valence-corrected chi connectivity index (χ1v) is 7.49. The summed E-state index contributed by atoms with van der Waals surface area (Å²) in [6.07, 6.45) is 1.46. The highest BCUT2D eigenvalue weighted by molar-refractivity contribution is 6.05. The summed E-state index contributed by atoms with van der Waals surface area (Å²) in [5.74, 6) is -0.625. The summed E-state index contributed by atoms with van der Waals surface area (Å²) in [6, 6.07) is 5.37. The average Bonchev–Trinajstić information content (AvgIpc) is 3.02. The van der Waals surface area contributed by atoms with Crippen LogP contribution in [0.5, 0.6) is 0 Å². The van der Waals surface area contributed by atoms with Crippen LogP contribution >= 0.6 is 0 Å². The van der Waals surface area contributed by atoms with Crippen LogP contribution in [0.3, 0.4) is 0 Å². The maximum atomic E-state index is 11.5. The van der Waals surface area contributed by atoms with Gasteiger partial charge >= 0.3 is 6.09 Å². The molecule has 0 bridgehead atoms. The topological polar surface area (TPSA) is 120 Å². The predicted molar refractivity (Wildman–Crippen MR) is 84.3 cm³/mol. The third-order valence-electron chi connectivity index (χ3n) is 4.53. The lowest BCUT2D eigenvalue weighted by Crippen LogP contribution is -2.43. The van der Waals surface area contributed by atoms with Crippen LogP contribution < -0.4 is 5.73 Å². The average molecular weight is 317 g/mol. The Hall–Kier alpha value is -2.54. The van der Waals surface area contributed by atoms with Crippen LogP contribution in [0.2, 0.25) is 0 Å². The minimum absolute atomic E-state index is 0.0303. The molecule has 5 N–H and O–H groups in total. The Morgan fingerprint density at radius 2 is 2.09 bits per heavy atom. The van der Waals surface area contributed by atoms with Crippen molar-refractivity contribution >= 4 is 22.9 Å². The first kappa shape index (κ1) is 15.4. The van der Waals surface area contributed by atoms with E-state index in [9.17, 15) is 19.8 Å². The van der Waals surface area contributed by atoms with E-state index in [0.717, 1.165) is 10.9 Å². The number of carbonyl (C=O) groups excluding carboxylic acids is 1. The third-order valence-corrected chi connectivity index (χ3v) is 4.53. The molecule has 2 atom stereocenters. The van der Waals surface area contributed by atoms with Gasteiger partial charge in [0.1, 0.15) is 0 Å². The van der Waals surface area contributed by atoms with Crippen LogP contribution in [0.25, 0.3) is 10.9 Å². The lowest BCUT2D eigenvalue weighted by molar-refractivity contribution is 0.0915. The van der Waals surface area contributed by atoms with Gasteiger partial charge in [0.2, 0.25) is 0 Å². The van der Waals surface area contributed by atoms with Gasteiger partial charge in [-0.1, -0.05) is 6.07 Å². The Morgan fingerprint density at radius 3 is 2.74 bits per heavy atom.